The third-order valence-corrected chi connectivity index (χ3v) is 4.08. The minimum atomic E-state index is 0.226. The van der Waals surface area contributed by atoms with E-state index in [2.05, 4.69) is 19.2 Å². The molecule has 2 atom stereocenters. The predicted molar refractivity (Wildman–Crippen MR) is 71.4 cm³/mol. The van der Waals surface area contributed by atoms with E-state index in [0.717, 1.165) is 24.9 Å². The zero-order chi connectivity index (χ0) is 13.0. The lowest BCUT2D eigenvalue weighted by molar-refractivity contribution is -0.134. The number of hydrogen-bond acceptors (Lipinski definition) is 3. The molecule has 2 rings (SSSR count). The van der Waals surface area contributed by atoms with Gasteiger partial charge in [0.1, 0.15) is 0 Å². The first kappa shape index (κ1) is 13.8. The summed E-state index contributed by atoms with van der Waals surface area (Å²) < 4.78 is 5.26. The molecule has 1 heterocycles. The molecule has 0 aromatic carbocycles. The molecule has 2 fully saturated rings. The third kappa shape index (κ3) is 3.95. The van der Waals surface area contributed by atoms with E-state index in [1.807, 2.05) is 4.90 Å². The maximum Gasteiger partial charge on any atom is 0.236 e. The second-order valence-electron chi connectivity index (χ2n) is 5.99. The molecule has 4 nitrogen and oxygen atoms in total. The lowest BCUT2D eigenvalue weighted by Gasteiger charge is -2.33. The van der Waals surface area contributed by atoms with Gasteiger partial charge >= 0.3 is 0 Å². The van der Waals surface area contributed by atoms with Crippen molar-refractivity contribution < 1.29 is 9.53 Å². The van der Waals surface area contributed by atoms with E-state index in [4.69, 9.17) is 4.74 Å². The number of ether oxygens (including phenoxy) is 1. The van der Waals surface area contributed by atoms with E-state index in [1.54, 1.807) is 0 Å². The maximum absolute atomic E-state index is 12.0. The van der Waals surface area contributed by atoms with E-state index in [-0.39, 0.29) is 5.91 Å². The van der Waals surface area contributed by atoms with Gasteiger partial charge in [-0.05, 0) is 31.1 Å². The Hall–Kier alpha value is -0.610. The van der Waals surface area contributed by atoms with E-state index >= 15 is 0 Å². The summed E-state index contributed by atoms with van der Waals surface area (Å²) >= 11 is 0. The second-order valence-corrected chi connectivity index (χ2v) is 5.99. The average Bonchev–Trinajstić information content (AvgIpc) is 2.36. The van der Waals surface area contributed by atoms with Crippen LogP contribution in [0, 0.1) is 11.8 Å². The van der Waals surface area contributed by atoms with Gasteiger partial charge in [-0.25, -0.2) is 0 Å². The van der Waals surface area contributed by atoms with Crippen molar-refractivity contribution in [2.24, 2.45) is 11.8 Å². The lowest BCUT2D eigenvalue weighted by atomic mass is 9.80. The molecule has 1 N–H and O–H groups in total. The molecule has 1 saturated carbocycles. The Morgan fingerprint density at radius 1 is 1.17 bits per heavy atom. The summed E-state index contributed by atoms with van der Waals surface area (Å²) in [6.07, 6.45) is 3.75. The summed E-state index contributed by atoms with van der Waals surface area (Å²) in [7, 11) is 0. The van der Waals surface area contributed by atoms with Gasteiger partial charge < -0.3 is 15.0 Å². The Morgan fingerprint density at radius 2 is 1.78 bits per heavy atom. The second kappa shape index (κ2) is 6.53. The van der Waals surface area contributed by atoms with Crippen molar-refractivity contribution in [3.05, 3.63) is 0 Å². The van der Waals surface area contributed by atoms with Crippen LogP contribution in [0.2, 0.25) is 0 Å². The molecule has 0 radical (unpaired) electrons. The zero-order valence-electron chi connectivity index (χ0n) is 11.7. The molecule has 0 spiro atoms. The van der Waals surface area contributed by atoms with Crippen LogP contribution in [0.3, 0.4) is 0 Å². The molecule has 104 valence electrons. The van der Waals surface area contributed by atoms with Crippen molar-refractivity contribution in [1.82, 2.24) is 10.2 Å². The molecule has 1 aliphatic carbocycles. The normalized spacial score (nSPS) is 33.4. The SMILES string of the molecule is CC1CC(C)CC(NCC(=O)N2CCOCC2)C1. The molecular formula is C14H26N2O2. The Kier molecular flexibility index (Phi) is 5.01. The van der Waals surface area contributed by atoms with Crippen molar-refractivity contribution >= 4 is 5.91 Å². The van der Waals surface area contributed by atoms with Crippen molar-refractivity contribution in [2.45, 2.75) is 39.2 Å². The monoisotopic (exact) mass is 254 g/mol. The molecule has 0 bridgehead atoms. The highest BCUT2D eigenvalue weighted by atomic mass is 16.5. The van der Waals surface area contributed by atoms with Crippen LogP contribution in [-0.4, -0.2) is 49.7 Å². The number of amides is 1. The molecule has 2 unspecified atom stereocenters. The molecule has 1 saturated heterocycles. The topological polar surface area (TPSA) is 41.6 Å². The van der Waals surface area contributed by atoms with Gasteiger partial charge in [-0.15, -0.1) is 0 Å². The quantitative estimate of drug-likeness (QED) is 0.824. The summed E-state index contributed by atoms with van der Waals surface area (Å²) in [5.41, 5.74) is 0. The molecule has 2 aliphatic rings. The van der Waals surface area contributed by atoms with Gasteiger partial charge in [-0.3, -0.25) is 4.79 Å². The van der Waals surface area contributed by atoms with Gasteiger partial charge in [0.25, 0.3) is 0 Å². The standard InChI is InChI=1S/C14H26N2O2/c1-11-7-12(2)9-13(8-11)15-10-14(17)16-3-5-18-6-4-16/h11-13,15H,3-10H2,1-2H3. The highest BCUT2D eigenvalue weighted by Gasteiger charge is 2.25. The van der Waals surface area contributed by atoms with Crippen LogP contribution in [0.4, 0.5) is 0 Å². The Morgan fingerprint density at radius 3 is 2.39 bits per heavy atom. The molecule has 4 heteroatoms. The fourth-order valence-corrected chi connectivity index (χ4v) is 3.27. The van der Waals surface area contributed by atoms with E-state index < -0.39 is 0 Å². The summed E-state index contributed by atoms with van der Waals surface area (Å²) in [5, 5.41) is 3.45. The molecule has 18 heavy (non-hydrogen) atoms. The van der Waals surface area contributed by atoms with Crippen LogP contribution in [-0.2, 0) is 9.53 Å². The molecule has 0 aromatic heterocycles. The Bertz CT molecular complexity index is 267. The van der Waals surface area contributed by atoms with Gasteiger partial charge in [0.05, 0.1) is 19.8 Å². The van der Waals surface area contributed by atoms with Crippen molar-refractivity contribution in [3.8, 4) is 0 Å². The number of morpholine rings is 1. The summed E-state index contributed by atoms with van der Waals surface area (Å²) in [4.78, 5) is 13.9. The van der Waals surface area contributed by atoms with Crippen LogP contribution in [0.15, 0.2) is 0 Å². The van der Waals surface area contributed by atoms with Crippen LogP contribution in [0.1, 0.15) is 33.1 Å². The minimum Gasteiger partial charge on any atom is -0.378 e. The van der Waals surface area contributed by atoms with Crippen molar-refractivity contribution in [3.63, 3.8) is 0 Å². The largest absolute Gasteiger partial charge is 0.378 e. The highest BCUT2D eigenvalue weighted by molar-refractivity contribution is 5.78. The summed E-state index contributed by atoms with van der Waals surface area (Å²) in [6, 6.07) is 0.522. The van der Waals surface area contributed by atoms with Crippen LogP contribution in [0.25, 0.3) is 0 Å². The van der Waals surface area contributed by atoms with Gasteiger partial charge in [-0.1, -0.05) is 13.8 Å². The number of nitrogens with one attached hydrogen (secondary N) is 1. The number of carbonyl (C=O) groups is 1. The van der Waals surface area contributed by atoms with Gasteiger partial charge in [0.2, 0.25) is 5.91 Å². The first-order valence-corrected chi connectivity index (χ1v) is 7.24. The number of rotatable bonds is 3. The van der Waals surface area contributed by atoms with Crippen molar-refractivity contribution in [2.75, 3.05) is 32.8 Å². The molecule has 1 amide bonds. The fourth-order valence-electron chi connectivity index (χ4n) is 3.27. The van der Waals surface area contributed by atoms with E-state index in [1.165, 1.54) is 19.3 Å². The number of nitrogens with zero attached hydrogens (tertiary/aromatic N) is 1. The fraction of sp³-hybridized carbons (Fsp3) is 0.929. The summed E-state index contributed by atoms with van der Waals surface area (Å²) in [5.74, 6) is 1.79. The Labute approximate surface area is 110 Å². The molecule has 0 aromatic rings. The smallest absolute Gasteiger partial charge is 0.236 e. The number of hydrogen-bond donors (Lipinski definition) is 1. The van der Waals surface area contributed by atoms with Crippen LogP contribution in [0.5, 0.6) is 0 Å². The summed E-state index contributed by atoms with van der Waals surface area (Å²) in [6.45, 7) is 7.98. The lowest BCUT2D eigenvalue weighted by Crippen LogP contribution is -2.47. The average molecular weight is 254 g/mol. The number of carbonyl (C=O) groups excluding carboxylic acids is 1. The van der Waals surface area contributed by atoms with E-state index in [0.29, 0.717) is 25.8 Å². The molecular weight excluding hydrogens is 228 g/mol. The van der Waals surface area contributed by atoms with Gasteiger partial charge in [0.15, 0.2) is 0 Å². The third-order valence-electron chi connectivity index (χ3n) is 4.08. The first-order valence-electron chi connectivity index (χ1n) is 7.24. The highest BCUT2D eigenvalue weighted by Crippen LogP contribution is 2.28. The maximum atomic E-state index is 12.0. The van der Waals surface area contributed by atoms with Crippen LogP contribution >= 0.6 is 0 Å². The predicted octanol–water partition coefficient (Wildman–Crippen LogP) is 1.26. The van der Waals surface area contributed by atoms with Crippen LogP contribution < -0.4 is 5.32 Å². The first-order chi connectivity index (χ1) is 8.65. The zero-order valence-corrected chi connectivity index (χ0v) is 11.7. The van der Waals surface area contributed by atoms with E-state index in [9.17, 15) is 4.79 Å². The van der Waals surface area contributed by atoms with Gasteiger partial charge in [-0.2, -0.15) is 0 Å². The molecule has 1 aliphatic heterocycles. The minimum absolute atomic E-state index is 0.226. The van der Waals surface area contributed by atoms with Gasteiger partial charge in [0, 0.05) is 19.1 Å². The Balaban J connectivity index is 1.71. The van der Waals surface area contributed by atoms with Crippen molar-refractivity contribution in [1.29, 1.82) is 0 Å².